The number of rotatable bonds is 18. The number of carbonyl (C=O) groups is 2. The Hall–Kier alpha value is -1.81. The van der Waals surface area contributed by atoms with Crippen LogP contribution in [0.5, 0.6) is 5.75 Å². The van der Waals surface area contributed by atoms with Crippen molar-refractivity contribution in [2.45, 2.75) is 39.0 Å². The molecule has 1 aromatic rings. The van der Waals surface area contributed by atoms with E-state index in [2.05, 4.69) is 35.0 Å². The minimum atomic E-state index is -0.293. The van der Waals surface area contributed by atoms with E-state index in [0.29, 0.717) is 32.0 Å². The van der Waals surface area contributed by atoms with Gasteiger partial charge in [-0.15, -0.1) is 0 Å². The van der Waals surface area contributed by atoms with E-state index in [1.54, 1.807) is 11.8 Å². The van der Waals surface area contributed by atoms with Crippen molar-refractivity contribution in [2.24, 2.45) is 0 Å². The summed E-state index contributed by atoms with van der Waals surface area (Å²) in [5.41, 5.74) is 2.09. The fraction of sp³-hybridized carbons (Fsp3) is 0.704. The highest BCUT2D eigenvalue weighted by atomic mass is 32.2. The highest BCUT2D eigenvalue weighted by Gasteiger charge is 2.18. The number of hydrogen-bond donors (Lipinski definition) is 1. The summed E-state index contributed by atoms with van der Waals surface area (Å²) in [6.07, 6.45) is 4.27. The van der Waals surface area contributed by atoms with Crippen LogP contribution in [0.25, 0.3) is 0 Å². The third-order valence-corrected chi connectivity index (χ3v) is 6.40. The molecule has 0 aliphatic rings. The van der Waals surface area contributed by atoms with Gasteiger partial charge in [-0.05, 0) is 84.0 Å². The van der Waals surface area contributed by atoms with Crippen molar-refractivity contribution in [2.75, 3.05) is 86.1 Å². The third kappa shape index (κ3) is 13.5. The normalized spacial score (nSPS) is 12.1. The van der Waals surface area contributed by atoms with Gasteiger partial charge in [0.05, 0.1) is 6.61 Å². The smallest absolute Gasteiger partial charge is 0.410 e. The summed E-state index contributed by atoms with van der Waals surface area (Å²) in [7, 11) is 8.16. The van der Waals surface area contributed by atoms with Crippen LogP contribution >= 0.6 is 11.8 Å². The Morgan fingerprint density at radius 3 is 2.22 bits per heavy atom. The zero-order valence-electron chi connectivity index (χ0n) is 23.5. The zero-order chi connectivity index (χ0) is 26.9. The van der Waals surface area contributed by atoms with Gasteiger partial charge in [0, 0.05) is 31.3 Å². The maximum Gasteiger partial charge on any atom is 0.415 e. The van der Waals surface area contributed by atoms with Gasteiger partial charge in [-0.25, -0.2) is 4.79 Å². The lowest BCUT2D eigenvalue weighted by molar-refractivity contribution is -0.125. The van der Waals surface area contributed by atoms with Gasteiger partial charge in [0.1, 0.15) is 12.4 Å². The van der Waals surface area contributed by atoms with Gasteiger partial charge in [0.15, 0.2) is 0 Å². The number of carbonyl (C=O) groups excluding carboxylic acids is 2. The largest absolute Gasteiger partial charge is 0.415 e. The van der Waals surface area contributed by atoms with Crippen LogP contribution < -0.4 is 10.1 Å². The Kier molecular flexibility index (Phi) is 16.5. The molecule has 0 aliphatic carbocycles. The second kappa shape index (κ2) is 18.4. The van der Waals surface area contributed by atoms with Crippen LogP contribution in [0.15, 0.2) is 18.2 Å². The van der Waals surface area contributed by atoms with Gasteiger partial charge in [0.25, 0.3) is 0 Å². The molecule has 2 amide bonds. The molecule has 0 radical (unpaired) electrons. The topological polar surface area (TPSA) is 74.3 Å². The summed E-state index contributed by atoms with van der Waals surface area (Å²) >= 11 is 1.69. The molecule has 1 rings (SSSR count). The van der Waals surface area contributed by atoms with Gasteiger partial charge in [-0.1, -0.05) is 26.0 Å². The van der Waals surface area contributed by atoms with Crippen molar-refractivity contribution in [1.29, 1.82) is 0 Å². The van der Waals surface area contributed by atoms with Crippen molar-refractivity contribution in [3.63, 3.8) is 0 Å². The molecule has 0 saturated heterocycles. The van der Waals surface area contributed by atoms with E-state index >= 15 is 0 Å². The average molecular weight is 525 g/mol. The van der Waals surface area contributed by atoms with E-state index in [1.807, 2.05) is 51.5 Å². The van der Waals surface area contributed by atoms with Crippen LogP contribution in [0, 0.1) is 0 Å². The predicted molar refractivity (Wildman–Crippen MR) is 150 cm³/mol. The molecule has 1 atom stereocenters. The van der Waals surface area contributed by atoms with E-state index in [4.69, 9.17) is 9.47 Å². The molecule has 0 fully saturated rings. The monoisotopic (exact) mass is 524 g/mol. The zero-order valence-corrected chi connectivity index (χ0v) is 24.3. The fourth-order valence-electron chi connectivity index (χ4n) is 3.66. The summed E-state index contributed by atoms with van der Waals surface area (Å²) in [6.45, 7) is 8.48. The van der Waals surface area contributed by atoms with E-state index in [-0.39, 0.29) is 24.5 Å². The number of nitrogens with zero attached hydrogens (tertiary/aromatic N) is 3. The van der Waals surface area contributed by atoms with Gasteiger partial charge in [-0.3, -0.25) is 4.79 Å². The number of nitrogens with one attached hydrogen (secondary N) is 1. The first-order valence-corrected chi connectivity index (χ1v) is 14.3. The van der Waals surface area contributed by atoms with Gasteiger partial charge >= 0.3 is 6.09 Å². The van der Waals surface area contributed by atoms with Crippen molar-refractivity contribution in [3.8, 4) is 5.75 Å². The fourth-order valence-corrected chi connectivity index (χ4v) is 3.96. The van der Waals surface area contributed by atoms with Crippen LogP contribution in [0.1, 0.15) is 43.7 Å². The lowest BCUT2D eigenvalue weighted by Crippen LogP contribution is -2.37. The minimum Gasteiger partial charge on any atom is -0.410 e. The van der Waals surface area contributed by atoms with Crippen LogP contribution in [-0.2, 0) is 16.0 Å². The second-order valence-electron chi connectivity index (χ2n) is 9.65. The summed E-state index contributed by atoms with van der Waals surface area (Å²) < 4.78 is 11.5. The SMILES string of the molecule is CCc1cc(C(C)COCC(=O)NCCSC)ccc1OC(=O)N(CCCN(C)C)CCCN(C)C. The standard InChI is InChI=1S/C27H48N4O4S/c1-8-23-19-24(22(2)20-34-21-26(32)28-13-18-36-7)11-12-25(23)35-27(33)31(16-9-14-29(3)4)17-10-15-30(5)6/h11-12,19,22H,8-10,13-18,20-21H2,1-7H3,(H,28,32). The molecule has 0 heterocycles. The summed E-state index contributed by atoms with van der Waals surface area (Å²) in [6, 6.07) is 5.95. The highest BCUT2D eigenvalue weighted by molar-refractivity contribution is 7.98. The first-order valence-electron chi connectivity index (χ1n) is 12.9. The molecule has 1 aromatic carbocycles. The quantitative estimate of drug-likeness (QED) is 0.294. The van der Waals surface area contributed by atoms with E-state index < -0.39 is 0 Å². The van der Waals surface area contributed by atoms with E-state index in [9.17, 15) is 9.59 Å². The number of thioether (sulfide) groups is 1. The summed E-state index contributed by atoms with van der Waals surface area (Å²) in [5, 5.41) is 2.84. The molecular weight excluding hydrogens is 476 g/mol. The Labute approximate surface area is 223 Å². The molecule has 0 bridgehead atoms. The van der Waals surface area contributed by atoms with Crippen molar-refractivity contribution in [3.05, 3.63) is 29.3 Å². The molecule has 36 heavy (non-hydrogen) atoms. The second-order valence-corrected chi connectivity index (χ2v) is 10.6. The molecule has 9 heteroatoms. The molecule has 0 aromatic heterocycles. The average Bonchev–Trinajstić information content (AvgIpc) is 2.82. The molecule has 1 N–H and O–H groups in total. The van der Waals surface area contributed by atoms with Crippen LogP contribution in [0.2, 0.25) is 0 Å². The molecule has 0 spiro atoms. The summed E-state index contributed by atoms with van der Waals surface area (Å²) in [4.78, 5) is 31.0. The Morgan fingerprint density at radius 2 is 1.67 bits per heavy atom. The number of hydrogen-bond acceptors (Lipinski definition) is 7. The first-order chi connectivity index (χ1) is 17.2. The van der Waals surface area contributed by atoms with Crippen molar-refractivity contribution in [1.82, 2.24) is 20.0 Å². The van der Waals surface area contributed by atoms with Crippen molar-refractivity contribution >= 4 is 23.8 Å². The van der Waals surface area contributed by atoms with Crippen LogP contribution in [-0.4, -0.2) is 113 Å². The third-order valence-electron chi connectivity index (χ3n) is 5.79. The van der Waals surface area contributed by atoms with E-state index in [0.717, 1.165) is 49.2 Å². The minimum absolute atomic E-state index is 0.0620. The maximum absolute atomic E-state index is 13.1. The predicted octanol–water partition coefficient (Wildman–Crippen LogP) is 3.55. The molecule has 8 nitrogen and oxygen atoms in total. The van der Waals surface area contributed by atoms with Gasteiger partial charge in [-0.2, -0.15) is 11.8 Å². The van der Waals surface area contributed by atoms with Gasteiger partial charge in [0.2, 0.25) is 5.91 Å². The number of ether oxygens (including phenoxy) is 2. The molecule has 206 valence electrons. The number of benzene rings is 1. The molecule has 1 unspecified atom stereocenters. The number of amides is 2. The first kappa shape index (κ1) is 32.2. The van der Waals surface area contributed by atoms with Crippen LogP contribution in [0.3, 0.4) is 0 Å². The molecule has 0 aliphatic heterocycles. The van der Waals surface area contributed by atoms with Crippen LogP contribution in [0.4, 0.5) is 4.79 Å². The highest BCUT2D eigenvalue weighted by Crippen LogP contribution is 2.26. The van der Waals surface area contributed by atoms with Gasteiger partial charge < -0.3 is 29.5 Å². The molecule has 0 saturated carbocycles. The Bertz CT molecular complexity index is 762. The van der Waals surface area contributed by atoms with Crippen molar-refractivity contribution < 1.29 is 19.1 Å². The lowest BCUT2D eigenvalue weighted by atomic mass is 9.98. The maximum atomic E-state index is 13.1. The lowest BCUT2D eigenvalue weighted by Gasteiger charge is -2.24. The Morgan fingerprint density at radius 1 is 1.03 bits per heavy atom. The van der Waals surface area contributed by atoms with E-state index in [1.165, 1.54) is 0 Å². The Balaban J connectivity index is 2.73. The molecular formula is C27H48N4O4S. The summed E-state index contributed by atoms with van der Waals surface area (Å²) in [5.74, 6) is 1.53. The number of aryl methyl sites for hydroxylation is 1.